The summed E-state index contributed by atoms with van der Waals surface area (Å²) in [5, 5.41) is 0. The predicted molar refractivity (Wildman–Crippen MR) is 76.1 cm³/mol. The minimum absolute atomic E-state index is 0.0581. The zero-order valence-electron chi connectivity index (χ0n) is 10.6. The number of halogens is 1. The largest absolute Gasteiger partial charge is 0.396 e. The lowest BCUT2D eigenvalue weighted by Crippen LogP contribution is -2.36. The molecule has 0 spiro atoms. The third-order valence-corrected chi connectivity index (χ3v) is 6.16. The SMILES string of the molecule is CC1(CNS(=O)(=O)c2ccc(N)c(F)c2)CCCS1. The fraction of sp³-hybridized carbons (Fsp3) is 0.500. The average Bonchev–Trinajstić information content (AvgIpc) is 2.78. The van der Waals surface area contributed by atoms with Crippen LogP contribution in [0.5, 0.6) is 0 Å². The van der Waals surface area contributed by atoms with Gasteiger partial charge < -0.3 is 5.73 Å². The quantitative estimate of drug-likeness (QED) is 0.834. The van der Waals surface area contributed by atoms with E-state index < -0.39 is 15.8 Å². The first-order valence-electron chi connectivity index (χ1n) is 6.01. The molecule has 1 aromatic carbocycles. The Hall–Kier alpha value is -0.790. The molecule has 1 atom stereocenters. The molecule has 0 bridgehead atoms. The molecule has 1 aliphatic heterocycles. The van der Waals surface area contributed by atoms with Crippen LogP contribution in [0.2, 0.25) is 0 Å². The van der Waals surface area contributed by atoms with Crippen LogP contribution in [-0.4, -0.2) is 25.5 Å². The monoisotopic (exact) mass is 304 g/mol. The topological polar surface area (TPSA) is 72.2 Å². The van der Waals surface area contributed by atoms with Gasteiger partial charge in [-0.15, -0.1) is 0 Å². The van der Waals surface area contributed by atoms with E-state index in [0.29, 0.717) is 6.54 Å². The van der Waals surface area contributed by atoms with Crippen molar-refractivity contribution in [2.24, 2.45) is 0 Å². The van der Waals surface area contributed by atoms with Crippen LogP contribution in [0, 0.1) is 5.82 Å². The second-order valence-electron chi connectivity index (χ2n) is 4.91. The zero-order valence-corrected chi connectivity index (χ0v) is 12.3. The van der Waals surface area contributed by atoms with Gasteiger partial charge >= 0.3 is 0 Å². The van der Waals surface area contributed by atoms with Gasteiger partial charge in [-0.3, -0.25) is 0 Å². The van der Waals surface area contributed by atoms with E-state index >= 15 is 0 Å². The van der Waals surface area contributed by atoms with Crippen LogP contribution in [-0.2, 0) is 10.0 Å². The molecule has 3 N–H and O–H groups in total. The molecule has 1 fully saturated rings. The highest BCUT2D eigenvalue weighted by Crippen LogP contribution is 2.37. The van der Waals surface area contributed by atoms with Gasteiger partial charge in [-0.05, 0) is 43.7 Å². The van der Waals surface area contributed by atoms with Gasteiger partial charge in [0.15, 0.2) is 0 Å². The van der Waals surface area contributed by atoms with E-state index in [4.69, 9.17) is 5.73 Å². The lowest BCUT2D eigenvalue weighted by Gasteiger charge is -2.22. The van der Waals surface area contributed by atoms with Gasteiger partial charge in [-0.1, -0.05) is 0 Å². The van der Waals surface area contributed by atoms with Gasteiger partial charge in [0.1, 0.15) is 5.82 Å². The third kappa shape index (κ3) is 3.40. The molecule has 1 aliphatic rings. The van der Waals surface area contributed by atoms with Crippen molar-refractivity contribution in [3.63, 3.8) is 0 Å². The number of hydrogen-bond acceptors (Lipinski definition) is 4. The highest BCUT2D eigenvalue weighted by molar-refractivity contribution is 8.01. The van der Waals surface area contributed by atoms with Crippen LogP contribution < -0.4 is 10.5 Å². The van der Waals surface area contributed by atoms with Crippen molar-refractivity contribution in [3.8, 4) is 0 Å². The smallest absolute Gasteiger partial charge is 0.240 e. The number of rotatable bonds is 4. The standard InChI is InChI=1S/C12H17FN2O2S2/c1-12(5-2-6-18-12)8-15-19(16,17)9-3-4-11(14)10(13)7-9/h3-4,7,15H,2,5-6,8,14H2,1H3. The van der Waals surface area contributed by atoms with Crippen LogP contribution in [0.3, 0.4) is 0 Å². The van der Waals surface area contributed by atoms with Gasteiger partial charge in [-0.2, -0.15) is 11.8 Å². The highest BCUT2D eigenvalue weighted by atomic mass is 32.2. The Balaban J connectivity index is 2.11. The van der Waals surface area contributed by atoms with Gasteiger partial charge in [0.05, 0.1) is 10.6 Å². The first kappa shape index (κ1) is 14.6. The van der Waals surface area contributed by atoms with Crippen LogP contribution in [0.4, 0.5) is 10.1 Å². The summed E-state index contributed by atoms with van der Waals surface area (Å²) < 4.78 is 39.9. The minimum Gasteiger partial charge on any atom is -0.396 e. The second kappa shape index (κ2) is 5.30. The van der Waals surface area contributed by atoms with E-state index in [0.717, 1.165) is 24.7 Å². The molecule has 1 heterocycles. The summed E-state index contributed by atoms with van der Waals surface area (Å²) >= 11 is 1.77. The van der Waals surface area contributed by atoms with Crippen molar-refractivity contribution in [2.75, 3.05) is 18.0 Å². The summed E-state index contributed by atoms with van der Waals surface area (Å²) in [5.74, 6) is 0.332. The molecule has 0 aromatic heterocycles. The van der Waals surface area contributed by atoms with E-state index in [1.165, 1.54) is 12.1 Å². The van der Waals surface area contributed by atoms with Crippen molar-refractivity contribution in [1.82, 2.24) is 4.72 Å². The molecular weight excluding hydrogens is 287 g/mol. The highest BCUT2D eigenvalue weighted by Gasteiger charge is 2.31. The first-order chi connectivity index (χ1) is 8.82. The normalized spacial score (nSPS) is 23.7. The summed E-state index contributed by atoms with van der Waals surface area (Å²) in [4.78, 5) is -0.0919. The molecule has 4 nitrogen and oxygen atoms in total. The van der Waals surface area contributed by atoms with Gasteiger partial charge in [0.25, 0.3) is 0 Å². The average molecular weight is 304 g/mol. The van der Waals surface area contributed by atoms with Crippen LogP contribution in [0.1, 0.15) is 19.8 Å². The van der Waals surface area contributed by atoms with Crippen molar-refractivity contribution < 1.29 is 12.8 Å². The molecule has 0 radical (unpaired) electrons. The van der Waals surface area contributed by atoms with E-state index in [9.17, 15) is 12.8 Å². The Labute approximate surface area is 117 Å². The number of sulfonamides is 1. The second-order valence-corrected chi connectivity index (χ2v) is 8.36. The molecule has 1 unspecified atom stereocenters. The third-order valence-electron chi connectivity index (χ3n) is 3.22. The Bertz CT molecular complexity index is 569. The van der Waals surface area contributed by atoms with Gasteiger partial charge in [-0.25, -0.2) is 17.5 Å². The molecule has 19 heavy (non-hydrogen) atoms. The fourth-order valence-corrected chi connectivity index (χ4v) is 4.50. The van der Waals surface area contributed by atoms with E-state index in [1.807, 2.05) is 6.92 Å². The van der Waals surface area contributed by atoms with Crippen molar-refractivity contribution in [3.05, 3.63) is 24.0 Å². The Kier molecular flexibility index (Phi) is 4.08. The summed E-state index contributed by atoms with van der Waals surface area (Å²) in [6.45, 7) is 2.39. The Morgan fingerprint density at radius 2 is 2.26 bits per heavy atom. The maximum absolute atomic E-state index is 13.3. The minimum atomic E-state index is -3.68. The maximum Gasteiger partial charge on any atom is 0.240 e. The number of hydrogen-bond donors (Lipinski definition) is 2. The molecule has 1 saturated heterocycles. The number of nitrogen functional groups attached to an aromatic ring is 1. The number of nitrogens with two attached hydrogens (primary N) is 1. The molecule has 1 aromatic rings. The Morgan fingerprint density at radius 3 is 2.84 bits per heavy atom. The van der Waals surface area contributed by atoms with Crippen molar-refractivity contribution in [2.45, 2.75) is 29.4 Å². The van der Waals surface area contributed by atoms with Crippen LogP contribution in [0.15, 0.2) is 23.1 Å². The lowest BCUT2D eigenvalue weighted by molar-refractivity contribution is 0.551. The summed E-state index contributed by atoms with van der Waals surface area (Å²) in [7, 11) is -3.68. The number of nitrogens with one attached hydrogen (secondary N) is 1. The van der Waals surface area contributed by atoms with E-state index in [2.05, 4.69) is 4.72 Å². The Morgan fingerprint density at radius 1 is 1.53 bits per heavy atom. The summed E-state index contributed by atoms with van der Waals surface area (Å²) in [6.07, 6.45) is 2.08. The van der Waals surface area contributed by atoms with Crippen molar-refractivity contribution in [1.29, 1.82) is 0 Å². The van der Waals surface area contributed by atoms with E-state index in [1.54, 1.807) is 11.8 Å². The number of thioether (sulfide) groups is 1. The van der Waals surface area contributed by atoms with Crippen molar-refractivity contribution >= 4 is 27.5 Å². The molecule has 106 valence electrons. The summed E-state index contributed by atoms with van der Waals surface area (Å²) in [6, 6.07) is 3.52. The molecule has 0 aliphatic carbocycles. The zero-order chi connectivity index (χ0) is 14.1. The molecule has 0 amide bonds. The maximum atomic E-state index is 13.3. The first-order valence-corrected chi connectivity index (χ1v) is 8.48. The lowest BCUT2D eigenvalue weighted by atomic mass is 10.1. The van der Waals surface area contributed by atoms with Crippen LogP contribution in [0.25, 0.3) is 0 Å². The summed E-state index contributed by atoms with van der Waals surface area (Å²) in [5.41, 5.74) is 5.27. The van der Waals surface area contributed by atoms with E-state index in [-0.39, 0.29) is 15.3 Å². The fourth-order valence-electron chi connectivity index (χ4n) is 1.98. The predicted octanol–water partition coefficient (Wildman–Crippen LogP) is 1.97. The molecular formula is C12H17FN2O2S2. The number of anilines is 1. The number of benzene rings is 1. The molecule has 2 rings (SSSR count). The molecule has 7 heteroatoms. The van der Waals surface area contributed by atoms with Gasteiger partial charge in [0.2, 0.25) is 10.0 Å². The van der Waals surface area contributed by atoms with Gasteiger partial charge in [0, 0.05) is 11.3 Å². The van der Waals surface area contributed by atoms with Crippen LogP contribution >= 0.6 is 11.8 Å². The molecule has 0 saturated carbocycles.